The zero-order valence-electron chi connectivity index (χ0n) is 6.51. The van der Waals surface area contributed by atoms with E-state index in [1.807, 2.05) is 0 Å². The average molecular weight is 166 g/mol. The first-order valence-corrected chi connectivity index (χ1v) is 3.16. The Labute approximate surface area is 63.9 Å². The van der Waals surface area contributed by atoms with Gasteiger partial charge in [0.2, 0.25) is 6.43 Å². The average Bonchev–Trinajstić information content (AvgIpc) is 1.83. The monoisotopic (exact) mass is 166 g/mol. The number of amidine groups is 1. The first-order chi connectivity index (χ1) is 4.90. The minimum Gasteiger partial charge on any atom is -0.409 e. The highest BCUT2D eigenvalue weighted by atomic mass is 19.3. The Balaban J connectivity index is 4.22. The maximum Gasteiger partial charge on any atom is 0.239 e. The van der Waals surface area contributed by atoms with Gasteiger partial charge >= 0.3 is 0 Å². The van der Waals surface area contributed by atoms with Gasteiger partial charge in [-0.2, -0.15) is 0 Å². The predicted octanol–water partition coefficient (Wildman–Crippen LogP) is 1.41. The van der Waals surface area contributed by atoms with Gasteiger partial charge in [0, 0.05) is 11.8 Å². The lowest BCUT2D eigenvalue weighted by Gasteiger charge is -2.21. The number of hydrogen-bond donors (Lipinski definition) is 2. The molecule has 0 heterocycles. The highest BCUT2D eigenvalue weighted by Gasteiger charge is 2.27. The summed E-state index contributed by atoms with van der Waals surface area (Å²) in [6, 6.07) is 0. The quantitative estimate of drug-likeness (QED) is 0.288. The van der Waals surface area contributed by atoms with E-state index in [2.05, 4.69) is 5.16 Å². The molecule has 0 amide bonds. The fourth-order valence-corrected chi connectivity index (χ4v) is 0.626. The molecule has 0 saturated heterocycles. The van der Waals surface area contributed by atoms with Crippen molar-refractivity contribution < 1.29 is 14.0 Å². The topological polar surface area (TPSA) is 58.6 Å². The van der Waals surface area contributed by atoms with Crippen molar-refractivity contribution in [2.75, 3.05) is 0 Å². The minimum atomic E-state index is -2.44. The highest BCUT2D eigenvalue weighted by molar-refractivity contribution is 5.85. The van der Waals surface area contributed by atoms with E-state index in [0.29, 0.717) is 0 Å². The molecular weight excluding hydrogens is 154 g/mol. The molecule has 0 rings (SSSR count). The summed E-state index contributed by atoms with van der Waals surface area (Å²) in [6.45, 7) is 2.99. The maximum atomic E-state index is 11.8. The molecule has 0 aromatic carbocycles. The van der Waals surface area contributed by atoms with E-state index in [1.54, 1.807) is 0 Å². The zero-order valence-corrected chi connectivity index (χ0v) is 6.51. The maximum absolute atomic E-state index is 11.8. The van der Waals surface area contributed by atoms with E-state index in [1.165, 1.54) is 13.8 Å². The molecule has 0 aromatic heterocycles. The summed E-state index contributed by atoms with van der Waals surface area (Å²) in [7, 11) is 0. The Kier molecular flexibility index (Phi) is 3.22. The summed E-state index contributed by atoms with van der Waals surface area (Å²) in [6.07, 6.45) is -2.84. The Bertz CT molecular complexity index is 157. The summed E-state index contributed by atoms with van der Waals surface area (Å²) in [5, 5.41) is 10.9. The molecule has 0 aliphatic rings. The van der Waals surface area contributed by atoms with Crippen molar-refractivity contribution in [3.63, 3.8) is 0 Å². The van der Waals surface area contributed by atoms with Crippen molar-refractivity contribution in [3.05, 3.63) is 0 Å². The number of oxime groups is 1. The van der Waals surface area contributed by atoms with E-state index in [9.17, 15) is 8.78 Å². The Morgan fingerprint density at radius 1 is 1.64 bits per heavy atom. The van der Waals surface area contributed by atoms with Gasteiger partial charge in [-0.3, -0.25) is 0 Å². The van der Waals surface area contributed by atoms with Crippen LogP contribution in [0.1, 0.15) is 20.3 Å². The first-order valence-electron chi connectivity index (χ1n) is 3.16. The van der Waals surface area contributed by atoms with Gasteiger partial charge in [-0.1, -0.05) is 19.0 Å². The molecule has 0 atom stereocenters. The number of hydrogen-bond acceptors (Lipinski definition) is 2. The van der Waals surface area contributed by atoms with Crippen molar-refractivity contribution in [1.29, 1.82) is 0 Å². The molecule has 3 nitrogen and oxygen atoms in total. The van der Waals surface area contributed by atoms with Crippen molar-refractivity contribution in [2.45, 2.75) is 26.7 Å². The molecule has 5 heteroatoms. The lowest BCUT2D eigenvalue weighted by molar-refractivity contribution is 0.107. The highest BCUT2D eigenvalue weighted by Crippen LogP contribution is 2.24. The smallest absolute Gasteiger partial charge is 0.239 e. The summed E-state index contributed by atoms with van der Waals surface area (Å²) in [5.74, 6) is -0.169. The third-order valence-electron chi connectivity index (χ3n) is 1.47. The molecule has 0 aliphatic heterocycles. The number of rotatable bonds is 3. The number of nitrogens with zero attached hydrogens (tertiary/aromatic N) is 1. The molecule has 0 bridgehead atoms. The van der Waals surface area contributed by atoms with Crippen molar-refractivity contribution in [3.8, 4) is 0 Å². The van der Waals surface area contributed by atoms with E-state index in [-0.39, 0.29) is 5.84 Å². The molecule has 0 spiro atoms. The van der Waals surface area contributed by atoms with Gasteiger partial charge in [0.15, 0.2) is 0 Å². The van der Waals surface area contributed by atoms with E-state index in [4.69, 9.17) is 10.9 Å². The van der Waals surface area contributed by atoms with Crippen LogP contribution < -0.4 is 5.73 Å². The lowest BCUT2D eigenvalue weighted by Crippen LogP contribution is -2.33. The van der Waals surface area contributed by atoms with Gasteiger partial charge in [0.05, 0.1) is 0 Å². The van der Waals surface area contributed by atoms with Gasteiger partial charge in [0.1, 0.15) is 5.84 Å². The molecule has 0 fully saturated rings. The molecule has 0 aliphatic carbocycles. The van der Waals surface area contributed by atoms with E-state index < -0.39 is 18.3 Å². The van der Waals surface area contributed by atoms with Crippen molar-refractivity contribution in [2.24, 2.45) is 16.3 Å². The van der Waals surface area contributed by atoms with Gasteiger partial charge in [-0.25, -0.2) is 8.78 Å². The Morgan fingerprint density at radius 2 is 2.09 bits per heavy atom. The van der Waals surface area contributed by atoms with Gasteiger partial charge in [-0.15, -0.1) is 0 Å². The molecule has 11 heavy (non-hydrogen) atoms. The zero-order chi connectivity index (χ0) is 9.07. The summed E-state index contributed by atoms with van der Waals surface area (Å²) < 4.78 is 23.7. The van der Waals surface area contributed by atoms with E-state index >= 15 is 0 Å². The number of halogens is 2. The third kappa shape index (κ3) is 3.15. The second kappa shape index (κ2) is 3.50. The summed E-state index contributed by atoms with van der Waals surface area (Å²) in [4.78, 5) is 0. The number of nitrogens with two attached hydrogens (primary N) is 1. The van der Waals surface area contributed by atoms with Crippen LogP contribution in [0.25, 0.3) is 0 Å². The fraction of sp³-hybridized carbons (Fsp3) is 0.833. The van der Waals surface area contributed by atoms with Crippen LogP contribution in [0.5, 0.6) is 0 Å². The van der Waals surface area contributed by atoms with E-state index in [0.717, 1.165) is 0 Å². The van der Waals surface area contributed by atoms with Crippen LogP contribution in [0.3, 0.4) is 0 Å². The number of alkyl halides is 2. The summed E-state index contributed by atoms with van der Waals surface area (Å²) >= 11 is 0. The first kappa shape index (κ1) is 10.1. The van der Waals surface area contributed by atoms with Crippen LogP contribution in [0.4, 0.5) is 8.78 Å². The van der Waals surface area contributed by atoms with Crippen LogP contribution in [0.15, 0.2) is 5.16 Å². The predicted molar refractivity (Wildman–Crippen MR) is 37.8 cm³/mol. The van der Waals surface area contributed by atoms with Crippen molar-refractivity contribution in [1.82, 2.24) is 0 Å². The normalized spacial score (nSPS) is 14.1. The molecule has 3 N–H and O–H groups in total. The van der Waals surface area contributed by atoms with Crippen molar-refractivity contribution >= 4 is 5.84 Å². The Hall–Kier alpha value is -0.870. The molecule has 0 aromatic rings. The largest absolute Gasteiger partial charge is 0.409 e. The molecule has 0 saturated carbocycles. The standard InChI is InChI=1S/C6H12F2N2O/c1-6(2,3-4(7)8)5(9)10-11/h4,11H,3H2,1-2H3,(H2,9,10). The second-order valence-corrected chi connectivity index (χ2v) is 2.96. The minimum absolute atomic E-state index is 0.169. The molecule has 66 valence electrons. The molecule has 0 unspecified atom stereocenters. The van der Waals surface area contributed by atoms with Crippen LogP contribution in [0.2, 0.25) is 0 Å². The van der Waals surface area contributed by atoms with Gasteiger partial charge in [0.25, 0.3) is 0 Å². The van der Waals surface area contributed by atoms with Crippen LogP contribution in [-0.4, -0.2) is 17.5 Å². The Morgan fingerprint density at radius 3 is 2.36 bits per heavy atom. The molecular formula is C6H12F2N2O. The van der Waals surface area contributed by atoms with Gasteiger partial charge in [-0.05, 0) is 0 Å². The summed E-state index contributed by atoms with van der Waals surface area (Å²) in [5.41, 5.74) is 4.22. The van der Waals surface area contributed by atoms with Crippen LogP contribution >= 0.6 is 0 Å². The SMILES string of the molecule is CC(C)(CC(F)F)/C(N)=N/O. The lowest BCUT2D eigenvalue weighted by atomic mass is 9.88. The van der Waals surface area contributed by atoms with Crippen LogP contribution in [-0.2, 0) is 0 Å². The second-order valence-electron chi connectivity index (χ2n) is 2.96. The van der Waals surface area contributed by atoms with Gasteiger partial charge < -0.3 is 10.9 Å². The fourth-order valence-electron chi connectivity index (χ4n) is 0.626. The molecule has 0 radical (unpaired) electrons. The third-order valence-corrected chi connectivity index (χ3v) is 1.47. The van der Waals surface area contributed by atoms with Crippen LogP contribution in [0, 0.1) is 5.41 Å².